The Morgan fingerprint density at radius 3 is 2.56 bits per heavy atom. The van der Waals surface area contributed by atoms with Crippen LogP contribution in [0.1, 0.15) is 24.2 Å². The number of nitrogen functional groups attached to an aromatic ring is 1. The van der Waals surface area contributed by atoms with Gasteiger partial charge in [0.25, 0.3) is 5.91 Å². The molecule has 0 aliphatic heterocycles. The van der Waals surface area contributed by atoms with Crippen molar-refractivity contribution in [2.45, 2.75) is 19.4 Å². The third kappa shape index (κ3) is 3.92. The molecule has 5 heteroatoms. The maximum absolute atomic E-state index is 11.9. The number of methoxy groups -OCH3 is 2. The number of anilines is 1. The van der Waals surface area contributed by atoms with Crippen molar-refractivity contribution in [3.8, 4) is 5.75 Å². The van der Waals surface area contributed by atoms with Crippen molar-refractivity contribution >= 4 is 11.6 Å². The summed E-state index contributed by atoms with van der Waals surface area (Å²) in [5.41, 5.74) is 6.26. The summed E-state index contributed by atoms with van der Waals surface area (Å²) in [5, 5.41) is 2.79. The highest BCUT2D eigenvalue weighted by molar-refractivity contribution is 5.95. The highest BCUT2D eigenvalue weighted by Crippen LogP contribution is 2.18. The van der Waals surface area contributed by atoms with Crippen LogP contribution in [0.4, 0.5) is 5.69 Å². The summed E-state index contributed by atoms with van der Waals surface area (Å²) >= 11 is 0. The average molecular weight is 252 g/mol. The molecular weight excluding hydrogens is 232 g/mol. The van der Waals surface area contributed by atoms with E-state index in [9.17, 15) is 4.79 Å². The molecule has 0 heterocycles. The summed E-state index contributed by atoms with van der Waals surface area (Å²) in [6.07, 6.45) is 0. The lowest BCUT2D eigenvalue weighted by atomic mass is 10.1. The molecule has 1 rings (SSSR count). The Hall–Kier alpha value is -1.75. The third-order valence-corrected chi connectivity index (χ3v) is 2.65. The van der Waals surface area contributed by atoms with Gasteiger partial charge in [0.05, 0.1) is 12.7 Å². The van der Waals surface area contributed by atoms with E-state index in [0.29, 0.717) is 23.5 Å². The van der Waals surface area contributed by atoms with E-state index < -0.39 is 5.60 Å². The van der Waals surface area contributed by atoms with Gasteiger partial charge in [-0.2, -0.15) is 0 Å². The van der Waals surface area contributed by atoms with E-state index in [1.54, 1.807) is 25.3 Å². The number of carbonyl (C=O) groups is 1. The van der Waals surface area contributed by atoms with Gasteiger partial charge in [-0.1, -0.05) is 0 Å². The smallest absolute Gasteiger partial charge is 0.251 e. The van der Waals surface area contributed by atoms with Crippen LogP contribution in [-0.2, 0) is 4.74 Å². The van der Waals surface area contributed by atoms with Crippen LogP contribution in [0.15, 0.2) is 18.2 Å². The molecule has 100 valence electrons. The summed E-state index contributed by atoms with van der Waals surface area (Å²) in [5.74, 6) is 0.358. The molecule has 18 heavy (non-hydrogen) atoms. The van der Waals surface area contributed by atoms with Crippen molar-refractivity contribution < 1.29 is 14.3 Å². The van der Waals surface area contributed by atoms with Crippen LogP contribution in [0.3, 0.4) is 0 Å². The molecule has 0 unspecified atom stereocenters. The minimum Gasteiger partial charge on any atom is -0.497 e. The summed E-state index contributed by atoms with van der Waals surface area (Å²) in [6.45, 7) is 4.21. The molecule has 0 atom stereocenters. The fourth-order valence-corrected chi connectivity index (χ4v) is 1.34. The van der Waals surface area contributed by atoms with Crippen molar-refractivity contribution in [3.63, 3.8) is 0 Å². The van der Waals surface area contributed by atoms with Gasteiger partial charge in [-0.25, -0.2) is 0 Å². The fraction of sp³-hybridized carbons (Fsp3) is 0.462. The maximum Gasteiger partial charge on any atom is 0.251 e. The molecule has 0 aromatic heterocycles. The Kier molecular flexibility index (Phi) is 4.55. The summed E-state index contributed by atoms with van der Waals surface area (Å²) in [4.78, 5) is 11.9. The number of hydrogen-bond acceptors (Lipinski definition) is 4. The summed E-state index contributed by atoms with van der Waals surface area (Å²) in [6, 6.07) is 4.92. The van der Waals surface area contributed by atoms with Gasteiger partial charge in [-0.3, -0.25) is 4.79 Å². The molecule has 0 aliphatic carbocycles. The Labute approximate surface area is 107 Å². The number of carbonyl (C=O) groups excluding carboxylic acids is 1. The van der Waals surface area contributed by atoms with Crippen LogP contribution < -0.4 is 15.8 Å². The summed E-state index contributed by atoms with van der Waals surface area (Å²) in [7, 11) is 3.14. The lowest BCUT2D eigenvalue weighted by molar-refractivity contribution is 0.0229. The summed E-state index contributed by atoms with van der Waals surface area (Å²) < 4.78 is 10.3. The van der Waals surface area contributed by atoms with Crippen molar-refractivity contribution in [3.05, 3.63) is 23.8 Å². The van der Waals surface area contributed by atoms with E-state index in [-0.39, 0.29) is 5.91 Å². The average Bonchev–Trinajstić information content (AvgIpc) is 2.35. The van der Waals surface area contributed by atoms with Crippen LogP contribution in [0.2, 0.25) is 0 Å². The van der Waals surface area contributed by atoms with Gasteiger partial charge in [0.1, 0.15) is 5.75 Å². The molecule has 1 amide bonds. The van der Waals surface area contributed by atoms with Crippen molar-refractivity contribution in [1.82, 2.24) is 5.32 Å². The van der Waals surface area contributed by atoms with Crippen molar-refractivity contribution in [1.29, 1.82) is 0 Å². The van der Waals surface area contributed by atoms with E-state index >= 15 is 0 Å². The molecule has 3 N–H and O–H groups in total. The largest absolute Gasteiger partial charge is 0.497 e. The second-order valence-electron chi connectivity index (χ2n) is 4.64. The zero-order valence-electron chi connectivity index (χ0n) is 11.2. The van der Waals surface area contributed by atoms with E-state index in [4.69, 9.17) is 15.2 Å². The topological polar surface area (TPSA) is 73.6 Å². The molecule has 1 aromatic carbocycles. The third-order valence-electron chi connectivity index (χ3n) is 2.65. The highest BCUT2D eigenvalue weighted by atomic mass is 16.5. The SMILES string of the molecule is COc1cc(N)cc(C(=O)NCC(C)(C)OC)c1. The second-order valence-corrected chi connectivity index (χ2v) is 4.64. The molecule has 5 nitrogen and oxygen atoms in total. The number of nitrogens with two attached hydrogens (primary N) is 1. The molecule has 1 aromatic rings. The van der Waals surface area contributed by atoms with Gasteiger partial charge in [-0.15, -0.1) is 0 Å². The number of rotatable bonds is 5. The highest BCUT2D eigenvalue weighted by Gasteiger charge is 2.18. The van der Waals surface area contributed by atoms with Gasteiger partial charge in [0.2, 0.25) is 0 Å². The monoisotopic (exact) mass is 252 g/mol. The Bertz CT molecular complexity index is 430. The predicted octanol–water partition coefficient (Wildman–Crippen LogP) is 1.43. The van der Waals surface area contributed by atoms with Gasteiger partial charge in [0.15, 0.2) is 0 Å². The predicted molar refractivity (Wildman–Crippen MR) is 70.8 cm³/mol. The molecule has 0 saturated carbocycles. The van der Waals surface area contributed by atoms with Crippen LogP contribution in [0.25, 0.3) is 0 Å². The van der Waals surface area contributed by atoms with Crippen molar-refractivity contribution in [2.24, 2.45) is 0 Å². The minimum absolute atomic E-state index is 0.203. The first kappa shape index (κ1) is 14.3. The van der Waals surface area contributed by atoms with E-state index in [2.05, 4.69) is 5.32 Å². The Morgan fingerprint density at radius 1 is 1.33 bits per heavy atom. The number of hydrogen-bond donors (Lipinski definition) is 2. The first-order chi connectivity index (χ1) is 8.38. The van der Waals surface area contributed by atoms with E-state index in [1.165, 1.54) is 7.11 Å². The lowest BCUT2D eigenvalue weighted by Crippen LogP contribution is -2.39. The maximum atomic E-state index is 11.9. The van der Waals surface area contributed by atoms with Gasteiger partial charge in [-0.05, 0) is 26.0 Å². The number of ether oxygens (including phenoxy) is 2. The fourth-order valence-electron chi connectivity index (χ4n) is 1.34. The van der Waals surface area contributed by atoms with Gasteiger partial charge in [0, 0.05) is 31.0 Å². The Balaban J connectivity index is 2.75. The van der Waals surface area contributed by atoms with E-state index in [0.717, 1.165) is 0 Å². The first-order valence-corrected chi connectivity index (χ1v) is 5.66. The second kappa shape index (κ2) is 5.73. The van der Waals surface area contributed by atoms with Crippen molar-refractivity contribution in [2.75, 3.05) is 26.5 Å². The molecular formula is C13H20N2O3. The van der Waals surface area contributed by atoms with Crippen LogP contribution in [-0.4, -0.2) is 32.3 Å². The van der Waals surface area contributed by atoms with Crippen LogP contribution in [0.5, 0.6) is 5.75 Å². The lowest BCUT2D eigenvalue weighted by Gasteiger charge is -2.23. The first-order valence-electron chi connectivity index (χ1n) is 5.66. The number of benzene rings is 1. The molecule has 0 spiro atoms. The van der Waals surface area contributed by atoms with Crippen LogP contribution in [0, 0.1) is 0 Å². The number of amides is 1. The quantitative estimate of drug-likeness (QED) is 0.777. The molecule has 0 fully saturated rings. The Morgan fingerprint density at radius 2 is 2.00 bits per heavy atom. The molecule has 0 bridgehead atoms. The van der Waals surface area contributed by atoms with Crippen LogP contribution >= 0.6 is 0 Å². The van der Waals surface area contributed by atoms with Gasteiger partial charge >= 0.3 is 0 Å². The zero-order valence-corrected chi connectivity index (χ0v) is 11.2. The molecule has 0 aliphatic rings. The molecule has 0 radical (unpaired) electrons. The zero-order chi connectivity index (χ0) is 13.8. The normalized spacial score (nSPS) is 11.1. The van der Waals surface area contributed by atoms with E-state index in [1.807, 2.05) is 13.8 Å². The molecule has 0 saturated heterocycles. The van der Waals surface area contributed by atoms with Gasteiger partial charge < -0.3 is 20.5 Å². The standard InChI is InChI=1S/C13H20N2O3/c1-13(2,18-4)8-15-12(16)9-5-10(14)7-11(6-9)17-3/h5-7H,8,14H2,1-4H3,(H,15,16). The minimum atomic E-state index is -0.403. The number of nitrogens with one attached hydrogen (secondary N) is 1.